The Labute approximate surface area is 155 Å². The number of rotatable bonds is 4. The molecular weight excluding hydrogens is 362 g/mol. The van der Waals surface area contributed by atoms with Crippen LogP contribution >= 0.6 is 35.6 Å². The molecule has 0 spiro atoms. The van der Waals surface area contributed by atoms with Crippen molar-refractivity contribution in [3.05, 3.63) is 64.2 Å². The molecule has 2 aromatic rings. The highest BCUT2D eigenvalue weighted by Gasteiger charge is 2.31. The first kappa shape index (κ1) is 17.0. The van der Waals surface area contributed by atoms with Crippen LogP contribution in [0.3, 0.4) is 0 Å². The van der Waals surface area contributed by atoms with Crippen LogP contribution in [-0.4, -0.2) is 21.7 Å². The van der Waals surface area contributed by atoms with E-state index in [4.69, 9.17) is 28.2 Å². The molecule has 1 aliphatic heterocycles. The van der Waals surface area contributed by atoms with Gasteiger partial charge in [0.2, 0.25) is 0 Å². The maximum Gasteiger partial charge on any atom is 0.266 e. The van der Waals surface area contributed by atoms with Crippen LogP contribution in [0.15, 0.2) is 52.3 Å². The van der Waals surface area contributed by atoms with Crippen molar-refractivity contribution in [1.29, 1.82) is 0 Å². The van der Waals surface area contributed by atoms with E-state index in [1.807, 2.05) is 37.3 Å². The topological polar surface area (TPSA) is 33.5 Å². The average molecular weight is 376 g/mol. The number of thiocarbonyl (C=S) groups is 1. The number of hydrogen-bond donors (Lipinski definition) is 0. The summed E-state index contributed by atoms with van der Waals surface area (Å²) >= 11 is 12.6. The highest BCUT2D eigenvalue weighted by molar-refractivity contribution is 8.26. The number of thioether (sulfide) groups is 1. The van der Waals surface area contributed by atoms with E-state index in [1.165, 1.54) is 16.7 Å². The molecule has 2 heterocycles. The van der Waals surface area contributed by atoms with Crippen molar-refractivity contribution in [2.45, 2.75) is 6.92 Å². The Morgan fingerprint density at radius 3 is 2.88 bits per heavy atom. The molecule has 1 fully saturated rings. The zero-order valence-corrected chi connectivity index (χ0v) is 15.3. The van der Waals surface area contributed by atoms with Crippen LogP contribution < -0.4 is 0 Å². The summed E-state index contributed by atoms with van der Waals surface area (Å²) in [4.78, 5) is 14.4. The second kappa shape index (κ2) is 6.97. The monoisotopic (exact) mass is 375 g/mol. The summed E-state index contributed by atoms with van der Waals surface area (Å²) in [5.74, 6) is 1.17. The van der Waals surface area contributed by atoms with E-state index in [-0.39, 0.29) is 5.91 Å². The van der Waals surface area contributed by atoms with Crippen LogP contribution in [0.4, 0.5) is 0 Å². The summed E-state index contributed by atoms with van der Waals surface area (Å²) in [6, 6.07) is 9.44. The number of halogens is 1. The summed E-state index contributed by atoms with van der Waals surface area (Å²) in [5, 5.41) is 0.691. The van der Waals surface area contributed by atoms with E-state index in [0.29, 0.717) is 32.3 Å². The zero-order valence-electron chi connectivity index (χ0n) is 12.9. The smallest absolute Gasteiger partial charge is 0.266 e. The fourth-order valence-corrected chi connectivity index (χ4v) is 3.68. The van der Waals surface area contributed by atoms with Gasteiger partial charge in [-0.15, -0.1) is 6.58 Å². The van der Waals surface area contributed by atoms with E-state index in [2.05, 4.69) is 6.58 Å². The van der Waals surface area contributed by atoms with E-state index in [1.54, 1.807) is 12.2 Å². The van der Waals surface area contributed by atoms with Gasteiger partial charge in [-0.05, 0) is 30.7 Å². The third-order valence-electron chi connectivity index (χ3n) is 3.54. The van der Waals surface area contributed by atoms with Gasteiger partial charge in [0, 0.05) is 23.2 Å². The molecule has 0 N–H and O–H groups in total. The van der Waals surface area contributed by atoms with E-state index in [0.717, 1.165) is 11.1 Å². The highest BCUT2D eigenvalue weighted by Crippen LogP contribution is 2.34. The van der Waals surface area contributed by atoms with Crippen molar-refractivity contribution in [3.63, 3.8) is 0 Å². The molecule has 24 heavy (non-hydrogen) atoms. The molecule has 1 aromatic heterocycles. The Balaban J connectivity index is 1.86. The predicted octanol–water partition coefficient (Wildman–Crippen LogP) is 5.30. The van der Waals surface area contributed by atoms with Crippen molar-refractivity contribution in [3.8, 4) is 11.3 Å². The van der Waals surface area contributed by atoms with E-state index in [9.17, 15) is 4.79 Å². The number of furan rings is 1. The van der Waals surface area contributed by atoms with Crippen LogP contribution in [0.5, 0.6) is 0 Å². The van der Waals surface area contributed by atoms with Crippen LogP contribution in [0.1, 0.15) is 11.3 Å². The van der Waals surface area contributed by atoms with Crippen molar-refractivity contribution in [2.75, 3.05) is 6.54 Å². The Kier molecular flexibility index (Phi) is 4.94. The predicted molar refractivity (Wildman–Crippen MR) is 104 cm³/mol. The van der Waals surface area contributed by atoms with Gasteiger partial charge in [-0.3, -0.25) is 9.69 Å². The minimum absolute atomic E-state index is 0.124. The molecule has 1 amide bonds. The van der Waals surface area contributed by atoms with Gasteiger partial charge in [0.15, 0.2) is 0 Å². The van der Waals surface area contributed by atoms with Crippen molar-refractivity contribution < 1.29 is 9.21 Å². The Bertz CT molecular complexity index is 870. The zero-order chi connectivity index (χ0) is 17.3. The summed E-state index contributed by atoms with van der Waals surface area (Å²) in [5.41, 5.74) is 1.91. The van der Waals surface area contributed by atoms with E-state index < -0.39 is 0 Å². The first-order chi connectivity index (χ1) is 11.5. The molecular formula is C18H14ClNO2S2. The molecule has 6 heteroatoms. The minimum atomic E-state index is -0.124. The Morgan fingerprint density at radius 1 is 1.38 bits per heavy atom. The van der Waals surface area contributed by atoms with Crippen molar-refractivity contribution in [2.24, 2.45) is 0 Å². The molecule has 3 nitrogen and oxygen atoms in total. The van der Waals surface area contributed by atoms with Gasteiger partial charge in [-0.25, -0.2) is 0 Å². The molecule has 3 rings (SSSR count). The molecule has 0 radical (unpaired) electrons. The summed E-state index contributed by atoms with van der Waals surface area (Å²) in [6.45, 7) is 6.00. The molecule has 0 bridgehead atoms. The number of benzene rings is 1. The third kappa shape index (κ3) is 3.34. The van der Waals surface area contributed by atoms with Gasteiger partial charge >= 0.3 is 0 Å². The molecule has 122 valence electrons. The van der Waals surface area contributed by atoms with Gasteiger partial charge in [0.1, 0.15) is 15.8 Å². The highest BCUT2D eigenvalue weighted by atomic mass is 35.5. The number of carbonyl (C=O) groups is 1. The lowest BCUT2D eigenvalue weighted by molar-refractivity contribution is -0.121. The van der Waals surface area contributed by atoms with Gasteiger partial charge in [0.05, 0.1) is 4.91 Å². The second-order valence-corrected chi connectivity index (χ2v) is 7.33. The maximum absolute atomic E-state index is 12.3. The second-order valence-electron chi connectivity index (χ2n) is 5.25. The minimum Gasteiger partial charge on any atom is -0.457 e. The summed E-state index contributed by atoms with van der Waals surface area (Å²) < 4.78 is 6.35. The number of aryl methyl sites for hydroxylation is 1. The number of nitrogens with zero attached hydrogens (tertiary/aromatic N) is 1. The molecule has 0 unspecified atom stereocenters. The fraction of sp³-hybridized carbons (Fsp3) is 0.111. The average Bonchev–Trinajstić information content (AvgIpc) is 3.11. The first-order valence-electron chi connectivity index (χ1n) is 7.22. The third-order valence-corrected chi connectivity index (χ3v) is 5.33. The number of amides is 1. The van der Waals surface area contributed by atoms with Crippen LogP contribution in [0, 0.1) is 6.92 Å². The summed E-state index contributed by atoms with van der Waals surface area (Å²) in [6.07, 6.45) is 3.36. The quantitative estimate of drug-likeness (QED) is 0.412. The van der Waals surface area contributed by atoms with Crippen LogP contribution in [-0.2, 0) is 4.79 Å². The first-order valence-corrected chi connectivity index (χ1v) is 8.82. The summed E-state index contributed by atoms with van der Waals surface area (Å²) in [7, 11) is 0. The lowest BCUT2D eigenvalue weighted by Crippen LogP contribution is -2.27. The lowest BCUT2D eigenvalue weighted by atomic mass is 10.1. The molecule has 0 aliphatic carbocycles. The molecule has 1 aliphatic rings. The molecule has 0 saturated carbocycles. The fourth-order valence-electron chi connectivity index (χ4n) is 2.25. The standard InChI is InChI=1S/C18H14ClNO2S2/c1-3-8-20-17(21)16(24-18(20)23)10-13-6-7-15(22-13)12-5-4-11(2)14(19)9-12/h3-7,9-10H,1,8H2,2H3/b16-10+. The normalized spacial score (nSPS) is 16.2. The maximum atomic E-state index is 12.3. The van der Waals surface area contributed by atoms with Gasteiger partial charge in [-0.2, -0.15) is 0 Å². The van der Waals surface area contributed by atoms with Crippen LogP contribution in [0.25, 0.3) is 17.4 Å². The Morgan fingerprint density at radius 2 is 2.17 bits per heavy atom. The number of carbonyl (C=O) groups excluding carboxylic acids is 1. The van der Waals surface area contributed by atoms with Crippen molar-refractivity contribution >= 4 is 51.9 Å². The molecule has 1 aromatic carbocycles. The van der Waals surface area contributed by atoms with Crippen LogP contribution in [0.2, 0.25) is 5.02 Å². The van der Waals surface area contributed by atoms with Gasteiger partial charge in [0.25, 0.3) is 5.91 Å². The van der Waals surface area contributed by atoms with Gasteiger partial charge < -0.3 is 4.42 Å². The molecule has 0 atom stereocenters. The van der Waals surface area contributed by atoms with Gasteiger partial charge in [-0.1, -0.05) is 53.8 Å². The Hall–Kier alpha value is -1.82. The van der Waals surface area contributed by atoms with Crippen molar-refractivity contribution in [1.82, 2.24) is 4.90 Å². The largest absolute Gasteiger partial charge is 0.457 e. The van der Waals surface area contributed by atoms with E-state index >= 15 is 0 Å². The SMILES string of the molecule is C=CCN1C(=O)/C(=C\c2ccc(-c3ccc(C)c(Cl)c3)o2)SC1=S. The molecule has 1 saturated heterocycles. The number of hydrogen-bond acceptors (Lipinski definition) is 4. The lowest BCUT2D eigenvalue weighted by Gasteiger charge is -2.10.